The van der Waals surface area contributed by atoms with Crippen molar-refractivity contribution in [2.24, 2.45) is 0 Å². The largest absolute Gasteiger partial charge is 1.00 e. The van der Waals surface area contributed by atoms with Gasteiger partial charge in [-0.1, -0.05) is 125 Å². The first-order valence-corrected chi connectivity index (χ1v) is 18.7. The molecule has 0 radical (unpaired) electrons. The summed E-state index contributed by atoms with van der Waals surface area (Å²) in [6.45, 7) is 1.85. The van der Waals surface area contributed by atoms with Gasteiger partial charge in [-0.15, -0.1) is 0 Å². The van der Waals surface area contributed by atoms with E-state index < -0.39 is 9.85 Å². The van der Waals surface area contributed by atoms with Crippen molar-refractivity contribution in [3.63, 3.8) is 0 Å². The zero-order chi connectivity index (χ0) is 42.5. The number of carbonyl (C=O) groups excluding carboxylic acids is 1. The third-order valence-corrected chi connectivity index (χ3v) is 7.61. The van der Waals surface area contributed by atoms with Gasteiger partial charge in [0.05, 0.1) is 16.5 Å². The minimum atomic E-state index is -0.630. The molecule has 0 aliphatic rings. The zero-order valence-electron chi connectivity index (χ0n) is 34.4. The second-order valence-electron chi connectivity index (χ2n) is 11.3. The van der Waals surface area contributed by atoms with Gasteiger partial charge in [0, 0.05) is 17.5 Å². The third kappa shape index (κ3) is 22.2. The average molecular weight is 952 g/mol. The summed E-state index contributed by atoms with van der Waals surface area (Å²) in [5.74, 6) is 2.72. The van der Waals surface area contributed by atoms with Gasteiger partial charge in [-0.2, -0.15) is 0 Å². The van der Waals surface area contributed by atoms with E-state index >= 15 is 0 Å². The topological polar surface area (TPSA) is 202 Å². The molecule has 18 heteroatoms. The molecule has 310 valence electrons. The van der Waals surface area contributed by atoms with Crippen LogP contribution in [0.2, 0.25) is 0 Å². The molecule has 61 heavy (non-hydrogen) atoms. The standard InChI is InChI=1S/C21H19NO5.C15H15BrO2.C6H5NO3.CH2O3.2K.H/c23-22(24)18-10-4-5-11-19(18)25-14-15-26-20-12-6-7-13-21(20)27-16-17-8-2-1-3-9-17;16-10-11-17-14-8-4-5-9-15(14)18-12-13-6-2-1-3-7-13;8-6-4-2-1-3-5(6)7(9)10;2-1-4-3;;;/h1-13H,14-16H2;1-9H,10-12H2;1-4,8H;1,3H;;;/q;;;;2*+1;-1/p-1. The Morgan fingerprint density at radius 1 is 0.508 bits per heavy atom. The van der Waals surface area contributed by atoms with Crippen molar-refractivity contribution in [3.8, 4) is 34.5 Å². The Morgan fingerprint density at radius 2 is 0.836 bits per heavy atom. The maximum absolute atomic E-state index is 11.0. The first-order chi connectivity index (χ1) is 28.8. The molecule has 0 fully saturated rings. The van der Waals surface area contributed by atoms with Crippen LogP contribution in [0.1, 0.15) is 12.6 Å². The number of rotatable bonds is 17. The van der Waals surface area contributed by atoms with Crippen LogP contribution in [-0.4, -0.2) is 46.6 Å². The molecule has 0 atom stereocenters. The molecule has 0 spiro atoms. The molecular formula is C43H41BrK2N2O13. The molecule has 0 aliphatic heterocycles. The molecule has 0 aliphatic carbocycles. The van der Waals surface area contributed by atoms with Gasteiger partial charge in [-0.3, -0.25) is 25.0 Å². The maximum Gasteiger partial charge on any atom is 1.00 e. The summed E-state index contributed by atoms with van der Waals surface area (Å²) in [6.07, 6.45) is 0. The van der Waals surface area contributed by atoms with E-state index in [-0.39, 0.29) is 147 Å². The number of ether oxygens (including phenoxy) is 5. The maximum atomic E-state index is 11.0. The molecule has 0 aromatic heterocycles. The Morgan fingerprint density at radius 3 is 1.21 bits per heavy atom. The van der Waals surface area contributed by atoms with Crippen molar-refractivity contribution in [1.82, 2.24) is 0 Å². The number of phenolic OH excluding ortho intramolecular Hbond substituents is 1. The Bertz CT molecular complexity index is 2150. The van der Waals surface area contributed by atoms with E-state index in [4.69, 9.17) is 38.8 Å². The number of benzene rings is 6. The van der Waals surface area contributed by atoms with Crippen LogP contribution in [0.25, 0.3) is 0 Å². The summed E-state index contributed by atoms with van der Waals surface area (Å²) in [6, 6.07) is 46.9. The summed E-state index contributed by atoms with van der Waals surface area (Å²) in [5, 5.41) is 39.1. The monoisotopic (exact) mass is 950 g/mol. The van der Waals surface area contributed by atoms with Gasteiger partial charge >= 0.3 is 114 Å². The Balaban J connectivity index is 0.000000918. The number of nitro benzene ring substituents is 2. The first kappa shape index (κ1) is 55.1. The molecule has 6 rings (SSSR count). The third-order valence-electron chi connectivity index (χ3n) is 7.29. The van der Waals surface area contributed by atoms with Crippen LogP contribution in [0, 0.1) is 20.2 Å². The Kier molecular flexibility index (Phi) is 30.4. The smallest absolute Gasteiger partial charge is 1.00 e. The van der Waals surface area contributed by atoms with E-state index in [1.165, 1.54) is 30.3 Å². The van der Waals surface area contributed by atoms with E-state index in [9.17, 15) is 20.2 Å². The predicted molar refractivity (Wildman–Crippen MR) is 221 cm³/mol. The van der Waals surface area contributed by atoms with Crippen molar-refractivity contribution in [2.75, 3.05) is 25.2 Å². The SMILES string of the molecule is BrCCOc1ccccc1OCc1ccccc1.O=CO[O-].O=[N+]([O-])c1ccccc1O.O=[N+]([O-])c1ccccc1OCCOc1ccccc1OCc1ccccc1.[H-].[K+].[K+]. The van der Waals surface area contributed by atoms with Gasteiger partial charge in [0.25, 0.3) is 6.47 Å². The number of hydrogen-bond donors (Lipinski definition) is 1. The number of para-hydroxylation sites is 8. The molecule has 6 aromatic rings. The second kappa shape index (κ2) is 33.7. The van der Waals surface area contributed by atoms with Crippen molar-refractivity contribution in [3.05, 3.63) is 189 Å². The number of nitro groups is 2. The fourth-order valence-electron chi connectivity index (χ4n) is 4.65. The number of phenols is 1. The van der Waals surface area contributed by atoms with Crippen LogP contribution in [0.5, 0.6) is 34.5 Å². The van der Waals surface area contributed by atoms with Crippen molar-refractivity contribution < 1.29 is 158 Å². The summed E-state index contributed by atoms with van der Waals surface area (Å²) in [7, 11) is 0. The number of carbonyl (C=O) groups is 1. The van der Waals surface area contributed by atoms with Crippen LogP contribution < -0.4 is 132 Å². The van der Waals surface area contributed by atoms with E-state index in [0.717, 1.165) is 28.0 Å². The van der Waals surface area contributed by atoms with Gasteiger partial charge < -0.3 is 40.4 Å². The summed E-state index contributed by atoms with van der Waals surface area (Å²) < 4.78 is 28.4. The van der Waals surface area contributed by atoms with Crippen molar-refractivity contribution in [2.45, 2.75) is 13.2 Å². The molecular weight excluding hydrogens is 911 g/mol. The van der Waals surface area contributed by atoms with E-state index in [1.807, 2.05) is 109 Å². The van der Waals surface area contributed by atoms with Crippen molar-refractivity contribution >= 4 is 33.8 Å². The Hall–Kier alpha value is -3.90. The number of nitrogens with zero attached hydrogens (tertiary/aromatic N) is 2. The summed E-state index contributed by atoms with van der Waals surface area (Å²) >= 11 is 3.34. The van der Waals surface area contributed by atoms with E-state index in [2.05, 4.69) is 20.8 Å². The van der Waals surface area contributed by atoms with Gasteiger partial charge in [-0.25, -0.2) is 0 Å². The van der Waals surface area contributed by atoms with Gasteiger partial charge in [-0.05, 0) is 47.5 Å². The van der Waals surface area contributed by atoms with Crippen LogP contribution in [0.15, 0.2) is 158 Å². The molecule has 0 amide bonds. The summed E-state index contributed by atoms with van der Waals surface area (Å²) in [4.78, 5) is 31.2. The Labute approximate surface area is 447 Å². The quantitative estimate of drug-likeness (QED) is 0.0266. The van der Waals surface area contributed by atoms with E-state index in [0.29, 0.717) is 31.3 Å². The number of hydrogen-bond acceptors (Lipinski definition) is 13. The zero-order valence-corrected chi connectivity index (χ0v) is 41.3. The van der Waals surface area contributed by atoms with Crippen LogP contribution in [0.4, 0.5) is 11.4 Å². The minimum absolute atomic E-state index is 0. The van der Waals surface area contributed by atoms with Gasteiger partial charge in [0.15, 0.2) is 34.5 Å². The second-order valence-corrected chi connectivity index (χ2v) is 12.1. The molecule has 0 saturated carbocycles. The predicted octanol–water partition coefficient (Wildman–Crippen LogP) is 2.53. The van der Waals surface area contributed by atoms with Crippen LogP contribution in [-0.2, 0) is 22.9 Å². The molecule has 6 aromatic carbocycles. The van der Waals surface area contributed by atoms with E-state index in [1.54, 1.807) is 18.2 Å². The normalized spacial score (nSPS) is 9.34. The average Bonchev–Trinajstić information content (AvgIpc) is 3.27. The molecule has 0 saturated heterocycles. The van der Waals surface area contributed by atoms with Crippen molar-refractivity contribution in [1.29, 1.82) is 0 Å². The number of halogens is 1. The molecule has 15 nitrogen and oxygen atoms in total. The first-order valence-electron chi connectivity index (χ1n) is 17.6. The molecule has 0 unspecified atom stereocenters. The molecule has 0 bridgehead atoms. The minimum Gasteiger partial charge on any atom is -1.00 e. The number of alkyl halides is 1. The van der Waals surface area contributed by atoms with Gasteiger partial charge in [0.2, 0.25) is 0 Å². The molecule has 1 N–H and O–H groups in total. The number of aromatic hydroxyl groups is 1. The summed E-state index contributed by atoms with van der Waals surface area (Å²) in [5.41, 5.74) is 1.88. The fraction of sp³-hybridized carbons (Fsp3) is 0.140. The molecule has 0 heterocycles. The van der Waals surface area contributed by atoms with Crippen LogP contribution in [0.3, 0.4) is 0 Å². The van der Waals surface area contributed by atoms with Gasteiger partial charge in [0.1, 0.15) is 26.4 Å². The fourth-order valence-corrected chi connectivity index (χ4v) is 4.81. The van der Waals surface area contributed by atoms with Crippen LogP contribution >= 0.6 is 15.9 Å².